The van der Waals surface area contributed by atoms with Crippen LogP contribution in [0.25, 0.3) is 0 Å². The summed E-state index contributed by atoms with van der Waals surface area (Å²) in [7, 11) is 1.80. The molecule has 0 bridgehead atoms. The number of hydrogen-bond donors (Lipinski definition) is 1. The van der Waals surface area contributed by atoms with Crippen molar-refractivity contribution in [1.82, 2.24) is 10.2 Å². The quantitative estimate of drug-likeness (QED) is 0.736. The molecule has 2 rings (SSSR count). The molecule has 0 saturated carbocycles. The Morgan fingerprint density at radius 2 is 2.28 bits per heavy atom. The lowest BCUT2D eigenvalue weighted by Gasteiger charge is -2.24. The summed E-state index contributed by atoms with van der Waals surface area (Å²) in [6.07, 6.45) is 2.48. The first-order chi connectivity index (χ1) is 8.83. The summed E-state index contributed by atoms with van der Waals surface area (Å²) in [5.41, 5.74) is 0. The fourth-order valence-electron chi connectivity index (χ4n) is 3.12. The molecule has 2 aliphatic heterocycles. The van der Waals surface area contributed by atoms with Gasteiger partial charge in [0.15, 0.2) is 0 Å². The predicted molar refractivity (Wildman–Crippen MR) is 72.8 cm³/mol. The number of hydrogen-bond acceptors (Lipinski definition) is 4. The van der Waals surface area contributed by atoms with Crippen molar-refractivity contribution in [2.45, 2.75) is 25.8 Å². The number of ether oxygens (including phenoxy) is 2. The fourth-order valence-corrected chi connectivity index (χ4v) is 3.12. The first kappa shape index (κ1) is 14.3. The average Bonchev–Trinajstić information content (AvgIpc) is 2.98. The zero-order chi connectivity index (χ0) is 12.8. The van der Waals surface area contributed by atoms with Crippen molar-refractivity contribution >= 4 is 0 Å². The van der Waals surface area contributed by atoms with Gasteiger partial charge in [0.1, 0.15) is 0 Å². The van der Waals surface area contributed by atoms with E-state index < -0.39 is 0 Å². The van der Waals surface area contributed by atoms with Gasteiger partial charge >= 0.3 is 0 Å². The fraction of sp³-hybridized carbons (Fsp3) is 1.00. The highest BCUT2D eigenvalue weighted by Crippen LogP contribution is 2.21. The topological polar surface area (TPSA) is 33.7 Å². The Kier molecular flexibility index (Phi) is 5.89. The van der Waals surface area contributed by atoms with E-state index in [1.54, 1.807) is 7.11 Å². The molecule has 0 aromatic carbocycles. The van der Waals surface area contributed by atoms with Crippen LogP contribution in [0.3, 0.4) is 0 Å². The molecule has 4 heteroatoms. The summed E-state index contributed by atoms with van der Waals surface area (Å²) >= 11 is 0. The summed E-state index contributed by atoms with van der Waals surface area (Å²) in [6, 6.07) is 0.562. The summed E-state index contributed by atoms with van der Waals surface area (Å²) < 4.78 is 10.9. The van der Waals surface area contributed by atoms with Crippen LogP contribution in [0.2, 0.25) is 0 Å². The third-order valence-corrected chi connectivity index (χ3v) is 4.12. The normalized spacial score (nSPS) is 33.3. The van der Waals surface area contributed by atoms with Crippen LogP contribution in [0.15, 0.2) is 0 Å². The summed E-state index contributed by atoms with van der Waals surface area (Å²) in [6.45, 7) is 9.66. The molecule has 0 radical (unpaired) electrons. The summed E-state index contributed by atoms with van der Waals surface area (Å²) in [5.74, 6) is 1.40. The van der Waals surface area contributed by atoms with E-state index in [0.717, 1.165) is 32.3 Å². The minimum absolute atomic E-state index is 0.562. The second-order valence-electron chi connectivity index (χ2n) is 5.73. The maximum Gasteiger partial charge on any atom is 0.0623 e. The van der Waals surface area contributed by atoms with Crippen LogP contribution in [0, 0.1) is 11.8 Å². The van der Waals surface area contributed by atoms with E-state index in [1.807, 2.05) is 0 Å². The summed E-state index contributed by atoms with van der Waals surface area (Å²) in [4.78, 5) is 2.59. The van der Waals surface area contributed by atoms with Crippen molar-refractivity contribution in [1.29, 1.82) is 0 Å². The van der Waals surface area contributed by atoms with E-state index >= 15 is 0 Å². The Bertz CT molecular complexity index is 238. The van der Waals surface area contributed by atoms with Crippen molar-refractivity contribution in [3.8, 4) is 0 Å². The molecule has 1 N–H and O–H groups in total. The first-order valence-corrected chi connectivity index (χ1v) is 7.36. The standard InChI is InChI=1S/C14H28N2O2/c1-3-5-15-14-11-18-10-13(14)8-16-6-4-12(7-16)9-17-2/h12-15H,3-11H2,1-2H3. The van der Waals surface area contributed by atoms with Gasteiger partial charge < -0.3 is 19.7 Å². The highest BCUT2D eigenvalue weighted by atomic mass is 16.5. The molecule has 0 aromatic heterocycles. The van der Waals surface area contributed by atoms with Gasteiger partial charge in [0, 0.05) is 32.2 Å². The maximum absolute atomic E-state index is 5.64. The largest absolute Gasteiger partial charge is 0.384 e. The molecule has 0 spiro atoms. The minimum atomic E-state index is 0.562. The summed E-state index contributed by atoms with van der Waals surface area (Å²) in [5, 5.41) is 3.62. The Morgan fingerprint density at radius 3 is 3.06 bits per heavy atom. The maximum atomic E-state index is 5.64. The molecule has 0 aliphatic carbocycles. The second-order valence-corrected chi connectivity index (χ2v) is 5.73. The van der Waals surface area contributed by atoms with Crippen LogP contribution in [-0.2, 0) is 9.47 Å². The van der Waals surface area contributed by atoms with Crippen LogP contribution in [0.4, 0.5) is 0 Å². The molecule has 2 aliphatic rings. The highest BCUT2D eigenvalue weighted by molar-refractivity contribution is 4.86. The van der Waals surface area contributed by atoms with Gasteiger partial charge in [-0.05, 0) is 31.8 Å². The number of nitrogens with one attached hydrogen (secondary N) is 1. The Morgan fingerprint density at radius 1 is 1.39 bits per heavy atom. The van der Waals surface area contributed by atoms with Gasteiger partial charge in [0.05, 0.1) is 19.8 Å². The third-order valence-electron chi connectivity index (χ3n) is 4.12. The van der Waals surface area contributed by atoms with Gasteiger partial charge in [-0.2, -0.15) is 0 Å². The Hall–Kier alpha value is -0.160. The zero-order valence-electron chi connectivity index (χ0n) is 11.9. The lowest BCUT2D eigenvalue weighted by molar-refractivity contribution is 0.147. The predicted octanol–water partition coefficient (Wildman–Crippen LogP) is 0.969. The molecular formula is C14H28N2O2. The van der Waals surface area contributed by atoms with Gasteiger partial charge in [-0.15, -0.1) is 0 Å². The average molecular weight is 256 g/mol. The van der Waals surface area contributed by atoms with Crippen molar-refractivity contribution < 1.29 is 9.47 Å². The number of rotatable bonds is 7. The molecule has 0 aromatic rings. The minimum Gasteiger partial charge on any atom is -0.384 e. The highest BCUT2D eigenvalue weighted by Gasteiger charge is 2.31. The van der Waals surface area contributed by atoms with Gasteiger partial charge in [-0.25, -0.2) is 0 Å². The lowest BCUT2D eigenvalue weighted by atomic mass is 10.0. The van der Waals surface area contributed by atoms with E-state index in [-0.39, 0.29) is 0 Å². The van der Waals surface area contributed by atoms with E-state index in [0.29, 0.717) is 12.0 Å². The number of nitrogens with zero attached hydrogens (tertiary/aromatic N) is 1. The van der Waals surface area contributed by atoms with Crippen LogP contribution < -0.4 is 5.32 Å². The molecular weight excluding hydrogens is 228 g/mol. The molecule has 3 atom stereocenters. The van der Waals surface area contributed by atoms with Crippen LogP contribution in [0.1, 0.15) is 19.8 Å². The molecule has 4 nitrogen and oxygen atoms in total. The zero-order valence-corrected chi connectivity index (χ0v) is 11.9. The Balaban J connectivity index is 1.72. The van der Waals surface area contributed by atoms with E-state index in [2.05, 4.69) is 17.1 Å². The number of likely N-dealkylation sites (tertiary alicyclic amines) is 1. The van der Waals surface area contributed by atoms with Crippen LogP contribution in [-0.4, -0.2) is 64.1 Å². The molecule has 3 unspecified atom stereocenters. The van der Waals surface area contributed by atoms with Gasteiger partial charge in [0.25, 0.3) is 0 Å². The van der Waals surface area contributed by atoms with Gasteiger partial charge in [0.2, 0.25) is 0 Å². The molecule has 18 heavy (non-hydrogen) atoms. The van der Waals surface area contributed by atoms with E-state index in [4.69, 9.17) is 9.47 Å². The lowest BCUT2D eigenvalue weighted by Crippen LogP contribution is -2.41. The van der Waals surface area contributed by atoms with Crippen LogP contribution >= 0.6 is 0 Å². The SMILES string of the molecule is CCCNC1COCC1CN1CCC(COC)C1. The molecule has 0 amide bonds. The monoisotopic (exact) mass is 256 g/mol. The molecule has 2 heterocycles. The van der Waals surface area contributed by atoms with E-state index in [1.165, 1.54) is 32.5 Å². The van der Waals surface area contributed by atoms with Crippen LogP contribution in [0.5, 0.6) is 0 Å². The molecule has 106 valence electrons. The van der Waals surface area contributed by atoms with Crippen molar-refractivity contribution in [2.24, 2.45) is 11.8 Å². The van der Waals surface area contributed by atoms with Gasteiger partial charge in [-0.1, -0.05) is 6.92 Å². The second kappa shape index (κ2) is 7.43. The number of methoxy groups -OCH3 is 1. The van der Waals surface area contributed by atoms with Gasteiger partial charge in [-0.3, -0.25) is 0 Å². The third kappa shape index (κ3) is 3.92. The van der Waals surface area contributed by atoms with Crippen molar-refractivity contribution in [3.05, 3.63) is 0 Å². The van der Waals surface area contributed by atoms with Crippen molar-refractivity contribution in [2.75, 3.05) is 53.1 Å². The molecule has 2 saturated heterocycles. The Labute approximate surface area is 111 Å². The smallest absolute Gasteiger partial charge is 0.0623 e. The first-order valence-electron chi connectivity index (χ1n) is 7.36. The van der Waals surface area contributed by atoms with E-state index in [9.17, 15) is 0 Å². The van der Waals surface area contributed by atoms with Crippen molar-refractivity contribution in [3.63, 3.8) is 0 Å². The molecule has 2 fully saturated rings.